The molecule has 1 aromatic heterocycles. The quantitative estimate of drug-likeness (QED) is 0.197. The molecular weight excluding hydrogens is 546 g/mol. The highest BCUT2D eigenvalue weighted by Crippen LogP contribution is 2.43. The number of oxazole rings is 1. The zero-order chi connectivity index (χ0) is 29.5. The highest BCUT2D eigenvalue weighted by Gasteiger charge is 2.18. The lowest BCUT2D eigenvalue weighted by molar-refractivity contribution is 0.620. The summed E-state index contributed by atoms with van der Waals surface area (Å²) >= 11 is 0. The van der Waals surface area contributed by atoms with E-state index in [-0.39, 0.29) is 0 Å². The minimum atomic E-state index is 0.646. The zero-order valence-electron chi connectivity index (χ0n) is 24.3. The van der Waals surface area contributed by atoms with E-state index in [1.807, 2.05) is 0 Å². The lowest BCUT2D eigenvalue weighted by atomic mass is 9.88. The van der Waals surface area contributed by atoms with Gasteiger partial charge in [0.25, 0.3) is 0 Å². The summed E-state index contributed by atoms with van der Waals surface area (Å²) in [6, 6.07) is 54.5. The van der Waals surface area contributed by atoms with Gasteiger partial charge in [0.1, 0.15) is 5.52 Å². The van der Waals surface area contributed by atoms with E-state index in [2.05, 4.69) is 152 Å². The lowest BCUT2D eigenvalue weighted by Crippen LogP contribution is -1.89. The molecule has 0 fully saturated rings. The highest BCUT2D eigenvalue weighted by atomic mass is 16.3. The Labute approximate surface area is 259 Å². The molecule has 1 heterocycles. The van der Waals surface area contributed by atoms with Gasteiger partial charge in [-0.3, -0.25) is 0 Å². The Bertz CT molecular complexity index is 2760. The molecule has 0 amide bonds. The third-order valence-corrected chi connectivity index (χ3v) is 9.44. The first kappa shape index (κ1) is 24.5. The maximum Gasteiger partial charge on any atom is 0.227 e. The number of nitrogens with zero attached hydrogens (tertiary/aromatic N) is 1. The summed E-state index contributed by atoms with van der Waals surface area (Å²) in [6.07, 6.45) is 0. The van der Waals surface area contributed by atoms with Gasteiger partial charge in [-0.15, -0.1) is 0 Å². The lowest BCUT2D eigenvalue weighted by Gasteiger charge is -2.16. The van der Waals surface area contributed by atoms with Crippen LogP contribution in [0.4, 0.5) is 0 Å². The summed E-state index contributed by atoms with van der Waals surface area (Å²) in [6.45, 7) is 0. The van der Waals surface area contributed by atoms with Gasteiger partial charge in [0.15, 0.2) is 5.58 Å². The molecule has 0 spiro atoms. The molecule has 0 atom stereocenters. The average molecular weight is 572 g/mol. The number of aromatic nitrogens is 1. The number of hydrogen-bond acceptors (Lipinski definition) is 2. The first-order chi connectivity index (χ1) is 22.3. The molecule has 2 nitrogen and oxygen atoms in total. The first-order valence-corrected chi connectivity index (χ1v) is 15.4. The number of hydrogen-bond donors (Lipinski definition) is 0. The zero-order valence-corrected chi connectivity index (χ0v) is 24.3. The van der Waals surface area contributed by atoms with Crippen molar-refractivity contribution in [2.45, 2.75) is 0 Å². The van der Waals surface area contributed by atoms with E-state index < -0.39 is 0 Å². The van der Waals surface area contributed by atoms with E-state index in [0.29, 0.717) is 5.89 Å². The molecule has 0 saturated heterocycles. The second-order valence-corrected chi connectivity index (χ2v) is 11.9. The van der Waals surface area contributed by atoms with Crippen LogP contribution in [0.2, 0.25) is 0 Å². The van der Waals surface area contributed by atoms with E-state index in [9.17, 15) is 0 Å². The maximum absolute atomic E-state index is 6.45. The minimum absolute atomic E-state index is 0.646. The van der Waals surface area contributed by atoms with Crippen LogP contribution in [0.15, 0.2) is 156 Å². The van der Waals surface area contributed by atoms with Crippen LogP contribution in [0, 0.1) is 0 Å². The third kappa shape index (κ3) is 3.66. The molecule has 45 heavy (non-hydrogen) atoms. The van der Waals surface area contributed by atoms with Crippen LogP contribution >= 0.6 is 0 Å². The van der Waals surface area contributed by atoms with Gasteiger partial charge >= 0.3 is 0 Å². The summed E-state index contributed by atoms with van der Waals surface area (Å²) in [4.78, 5) is 5.06. The Morgan fingerprint density at radius 1 is 0.378 bits per heavy atom. The van der Waals surface area contributed by atoms with E-state index >= 15 is 0 Å². The SMILES string of the molecule is c1ccc2cc(-c3ccc4ccc5c(-c6nc7cc(-c8cccc9ccccc89)ccc7o6)ccc6ccc3c4c65)ccc2c1. The summed E-state index contributed by atoms with van der Waals surface area (Å²) in [7, 11) is 0. The first-order valence-electron chi connectivity index (χ1n) is 15.4. The summed E-state index contributed by atoms with van der Waals surface area (Å²) < 4.78 is 6.45. The van der Waals surface area contributed by atoms with Crippen molar-refractivity contribution < 1.29 is 4.42 Å². The molecule has 0 aliphatic rings. The molecule has 0 radical (unpaired) electrons. The van der Waals surface area contributed by atoms with E-state index in [1.165, 1.54) is 65.2 Å². The Morgan fingerprint density at radius 3 is 1.82 bits per heavy atom. The molecule has 10 aromatic rings. The Hall–Kier alpha value is -5.99. The van der Waals surface area contributed by atoms with Crippen molar-refractivity contribution in [3.63, 3.8) is 0 Å². The van der Waals surface area contributed by atoms with Crippen molar-refractivity contribution in [2.24, 2.45) is 0 Å². The third-order valence-electron chi connectivity index (χ3n) is 9.44. The molecule has 0 bridgehead atoms. The van der Waals surface area contributed by atoms with Gasteiger partial charge in [0.05, 0.1) is 0 Å². The fourth-order valence-electron chi connectivity index (χ4n) is 7.28. The molecule has 0 saturated carbocycles. The predicted molar refractivity (Wildman–Crippen MR) is 189 cm³/mol. The van der Waals surface area contributed by atoms with E-state index in [0.717, 1.165) is 27.6 Å². The fraction of sp³-hybridized carbons (Fsp3) is 0. The van der Waals surface area contributed by atoms with E-state index in [4.69, 9.17) is 9.40 Å². The Balaban J connectivity index is 1.15. The van der Waals surface area contributed by atoms with Crippen LogP contribution in [0.3, 0.4) is 0 Å². The molecule has 10 rings (SSSR count). The van der Waals surface area contributed by atoms with Crippen LogP contribution in [0.5, 0.6) is 0 Å². The average Bonchev–Trinajstić information content (AvgIpc) is 3.53. The highest BCUT2D eigenvalue weighted by molar-refractivity contribution is 6.27. The summed E-state index contributed by atoms with van der Waals surface area (Å²) in [5.74, 6) is 0.646. The topological polar surface area (TPSA) is 26.0 Å². The second kappa shape index (κ2) is 9.25. The van der Waals surface area contributed by atoms with Crippen molar-refractivity contribution in [1.82, 2.24) is 4.98 Å². The Morgan fingerprint density at radius 2 is 0.978 bits per heavy atom. The van der Waals surface area contributed by atoms with Gasteiger partial charge in [-0.25, -0.2) is 4.98 Å². The number of rotatable bonds is 3. The van der Waals surface area contributed by atoms with Crippen molar-refractivity contribution in [2.75, 3.05) is 0 Å². The monoisotopic (exact) mass is 571 g/mol. The summed E-state index contributed by atoms with van der Waals surface area (Å²) in [5, 5.41) is 12.4. The van der Waals surface area contributed by atoms with Crippen LogP contribution in [-0.4, -0.2) is 4.98 Å². The number of benzene rings is 9. The van der Waals surface area contributed by atoms with E-state index in [1.54, 1.807) is 0 Å². The normalized spacial score (nSPS) is 12.0. The minimum Gasteiger partial charge on any atom is -0.436 e. The Kier molecular flexibility index (Phi) is 5.03. The predicted octanol–water partition coefficient (Wildman–Crippen LogP) is 12.0. The molecular formula is C43H25NO. The molecule has 9 aromatic carbocycles. The van der Waals surface area contributed by atoms with Gasteiger partial charge < -0.3 is 4.42 Å². The molecule has 208 valence electrons. The van der Waals surface area contributed by atoms with Gasteiger partial charge in [0, 0.05) is 5.56 Å². The van der Waals surface area contributed by atoms with Gasteiger partial charge in [0.2, 0.25) is 5.89 Å². The molecule has 0 aliphatic carbocycles. The fourth-order valence-corrected chi connectivity index (χ4v) is 7.28. The number of fused-ring (bicyclic) bond motifs is 3. The maximum atomic E-state index is 6.45. The van der Waals surface area contributed by atoms with Crippen LogP contribution in [0.25, 0.3) is 98.7 Å². The largest absolute Gasteiger partial charge is 0.436 e. The molecule has 0 aliphatic heterocycles. The van der Waals surface area contributed by atoms with Crippen LogP contribution in [0.1, 0.15) is 0 Å². The van der Waals surface area contributed by atoms with Crippen LogP contribution < -0.4 is 0 Å². The smallest absolute Gasteiger partial charge is 0.227 e. The molecule has 0 N–H and O–H groups in total. The van der Waals surface area contributed by atoms with Crippen LogP contribution in [-0.2, 0) is 0 Å². The van der Waals surface area contributed by atoms with Gasteiger partial charge in [-0.2, -0.15) is 0 Å². The molecule has 2 heteroatoms. The van der Waals surface area contributed by atoms with Crippen molar-refractivity contribution >= 4 is 65.0 Å². The van der Waals surface area contributed by atoms with Crippen molar-refractivity contribution in [3.05, 3.63) is 152 Å². The molecule has 0 unspecified atom stereocenters. The van der Waals surface area contributed by atoms with Crippen molar-refractivity contribution in [1.29, 1.82) is 0 Å². The van der Waals surface area contributed by atoms with Gasteiger partial charge in [-0.1, -0.05) is 127 Å². The standard InChI is InChI=1S/C43H25NO/c1-2-8-30-24-31(13-12-26(30)6-1)35-19-14-28-16-21-37-38(22-17-29-15-20-36(35)41(28)42(29)37)43-44-39-25-32(18-23-40(39)45-43)34-11-5-9-27-7-3-4-10-33(27)34/h1-25H. The van der Waals surface area contributed by atoms with Crippen molar-refractivity contribution in [3.8, 4) is 33.7 Å². The summed E-state index contributed by atoms with van der Waals surface area (Å²) in [5.41, 5.74) is 7.47. The van der Waals surface area contributed by atoms with Gasteiger partial charge in [-0.05, 0) is 100 Å². The second-order valence-electron chi connectivity index (χ2n) is 11.9.